The summed E-state index contributed by atoms with van der Waals surface area (Å²) in [5.74, 6) is -0.931. The Morgan fingerprint density at radius 3 is 2.50 bits per heavy atom. The van der Waals surface area contributed by atoms with Gasteiger partial charge in [0.25, 0.3) is 0 Å². The van der Waals surface area contributed by atoms with Gasteiger partial charge in [-0.3, -0.25) is 10.1 Å². The third-order valence-corrected chi connectivity index (χ3v) is 1.88. The molecule has 4 nitrogen and oxygen atoms in total. The van der Waals surface area contributed by atoms with E-state index in [9.17, 15) is 4.79 Å². The number of aliphatic hydroxyl groups excluding tert-OH is 1. The molecule has 0 spiro atoms. The molecule has 4 heteroatoms. The average Bonchev–Trinajstić information content (AvgIpc) is 2.20. The van der Waals surface area contributed by atoms with Gasteiger partial charge in [0, 0.05) is 0 Å². The predicted octanol–water partition coefficient (Wildman–Crippen LogP) is 0.394. The summed E-state index contributed by atoms with van der Waals surface area (Å²) in [4.78, 5) is 10.3. The molecule has 0 unspecified atom stereocenters. The Labute approximate surface area is 82.2 Å². The molecule has 0 aliphatic heterocycles. The minimum Gasteiger partial charge on any atom is -0.480 e. The van der Waals surface area contributed by atoms with Crippen LogP contribution in [0, 0.1) is 0 Å². The highest BCUT2D eigenvalue weighted by atomic mass is 16.4. The van der Waals surface area contributed by atoms with Gasteiger partial charge in [-0.1, -0.05) is 30.3 Å². The number of carboxylic acid groups (broad SMARTS) is 1. The Morgan fingerprint density at radius 1 is 1.36 bits per heavy atom. The molecule has 3 N–H and O–H groups in total. The van der Waals surface area contributed by atoms with E-state index in [2.05, 4.69) is 5.32 Å². The van der Waals surface area contributed by atoms with Gasteiger partial charge >= 0.3 is 5.97 Å². The Morgan fingerprint density at radius 2 is 2.00 bits per heavy atom. The van der Waals surface area contributed by atoms with Crippen molar-refractivity contribution in [1.82, 2.24) is 5.32 Å². The number of aliphatic carboxylic acids is 1. The van der Waals surface area contributed by atoms with Crippen LogP contribution >= 0.6 is 0 Å². The van der Waals surface area contributed by atoms with Crippen molar-refractivity contribution < 1.29 is 15.0 Å². The molecule has 1 aromatic rings. The van der Waals surface area contributed by atoms with Crippen molar-refractivity contribution in [2.75, 3.05) is 13.2 Å². The molecule has 0 saturated carbocycles. The van der Waals surface area contributed by atoms with Crippen molar-refractivity contribution in [2.24, 2.45) is 0 Å². The van der Waals surface area contributed by atoms with Crippen LogP contribution in [0.3, 0.4) is 0 Å². The van der Waals surface area contributed by atoms with E-state index in [1.54, 1.807) is 0 Å². The molecule has 14 heavy (non-hydrogen) atoms. The Kier molecular flexibility index (Phi) is 4.10. The zero-order valence-corrected chi connectivity index (χ0v) is 7.68. The number of carboxylic acids is 1. The highest BCUT2D eigenvalue weighted by molar-refractivity contribution is 5.69. The highest BCUT2D eigenvalue weighted by Crippen LogP contribution is 2.10. The maximum absolute atomic E-state index is 10.3. The van der Waals surface area contributed by atoms with Gasteiger partial charge in [0.15, 0.2) is 0 Å². The van der Waals surface area contributed by atoms with Gasteiger partial charge in [-0.2, -0.15) is 0 Å². The summed E-state index contributed by atoms with van der Waals surface area (Å²) < 4.78 is 0. The van der Waals surface area contributed by atoms with Crippen LogP contribution in [0.15, 0.2) is 30.3 Å². The number of hydrogen-bond donors (Lipinski definition) is 3. The van der Waals surface area contributed by atoms with Gasteiger partial charge in [0.2, 0.25) is 0 Å². The fourth-order valence-electron chi connectivity index (χ4n) is 1.18. The first-order valence-corrected chi connectivity index (χ1v) is 4.35. The maximum atomic E-state index is 10.3. The lowest BCUT2D eigenvalue weighted by Gasteiger charge is -2.14. The van der Waals surface area contributed by atoms with Crippen LogP contribution in [-0.2, 0) is 4.79 Å². The minimum atomic E-state index is -0.931. The van der Waals surface area contributed by atoms with Crippen LogP contribution in [0.4, 0.5) is 0 Å². The van der Waals surface area contributed by atoms with Crippen LogP contribution in [0.5, 0.6) is 0 Å². The van der Waals surface area contributed by atoms with E-state index in [-0.39, 0.29) is 19.2 Å². The van der Waals surface area contributed by atoms with E-state index in [0.29, 0.717) is 0 Å². The van der Waals surface area contributed by atoms with E-state index in [4.69, 9.17) is 10.2 Å². The number of aliphatic hydroxyl groups is 1. The fourth-order valence-corrected chi connectivity index (χ4v) is 1.18. The SMILES string of the molecule is O=C(O)CN[C@@H](CO)c1ccccc1. The fraction of sp³-hybridized carbons (Fsp3) is 0.300. The summed E-state index contributed by atoms with van der Waals surface area (Å²) in [6, 6.07) is 8.94. The van der Waals surface area contributed by atoms with Gasteiger partial charge in [0.05, 0.1) is 19.2 Å². The largest absolute Gasteiger partial charge is 0.480 e. The summed E-state index contributed by atoms with van der Waals surface area (Å²) in [5.41, 5.74) is 0.885. The third kappa shape index (κ3) is 3.16. The van der Waals surface area contributed by atoms with E-state index in [1.165, 1.54) is 0 Å². The molecule has 0 amide bonds. The first kappa shape index (κ1) is 10.7. The second kappa shape index (κ2) is 5.36. The van der Waals surface area contributed by atoms with E-state index < -0.39 is 5.97 Å². The topological polar surface area (TPSA) is 69.6 Å². The summed E-state index contributed by atoms with van der Waals surface area (Å²) in [6.45, 7) is -0.266. The standard InChI is InChI=1S/C10H13NO3/c12-7-9(11-6-10(13)14)8-4-2-1-3-5-8/h1-5,9,11-12H,6-7H2,(H,13,14)/t9-/m0/s1. The monoisotopic (exact) mass is 195 g/mol. The number of nitrogens with one attached hydrogen (secondary N) is 1. The molecule has 1 aromatic carbocycles. The summed E-state index contributed by atoms with van der Waals surface area (Å²) in [7, 11) is 0. The number of benzene rings is 1. The Hall–Kier alpha value is -1.39. The lowest BCUT2D eigenvalue weighted by Crippen LogP contribution is -2.29. The van der Waals surface area contributed by atoms with Crippen molar-refractivity contribution in [1.29, 1.82) is 0 Å². The molecule has 0 saturated heterocycles. The Bertz CT molecular complexity index is 287. The number of rotatable bonds is 5. The lowest BCUT2D eigenvalue weighted by molar-refractivity contribution is -0.136. The average molecular weight is 195 g/mol. The smallest absolute Gasteiger partial charge is 0.317 e. The minimum absolute atomic E-state index is 0.114. The first-order chi connectivity index (χ1) is 6.74. The second-order valence-electron chi connectivity index (χ2n) is 2.92. The normalized spacial score (nSPS) is 12.4. The molecule has 0 aliphatic rings. The third-order valence-electron chi connectivity index (χ3n) is 1.88. The number of carbonyl (C=O) groups is 1. The van der Waals surface area contributed by atoms with Crippen molar-refractivity contribution in [3.63, 3.8) is 0 Å². The molecule has 0 bridgehead atoms. The lowest BCUT2D eigenvalue weighted by atomic mass is 10.1. The molecular formula is C10H13NO3. The molecular weight excluding hydrogens is 182 g/mol. The van der Waals surface area contributed by atoms with E-state index in [0.717, 1.165) is 5.56 Å². The maximum Gasteiger partial charge on any atom is 0.317 e. The molecule has 0 aromatic heterocycles. The van der Waals surface area contributed by atoms with Crippen LogP contribution in [0.25, 0.3) is 0 Å². The van der Waals surface area contributed by atoms with Crippen LogP contribution in [-0.4, -0.2) is 29.3 Å². The molecule has 0 heterocycles. The quantitative estimate of drug-likeness (QED) is 0.636. The van der Waals surface area contributed by atoms with Gasteiger partial charge in [-0.15, -0.1) is 0 Å². The van der Waals surface area contributed by atoms with Gasteiger partial charge in [-0.05, 0) is 5.56 Å². The van der Waals surface area contributed by atoms with E-state index >= 15 is 0 Å². The molecule has 1 rings (SSSR count). The van der Waals surface area contributed by atoms with Crippen molar-refractivity contribution in [3.05, 3.63) is 35.9 Å². The van der Waals surface area contributed by atoms with Gasteiger partial charge < -0.3 is 10.2 Å². The van der Waals surface area contributed by atoms with Crippen molar-refractivity contribution in [3.8, 4) is 0 Å². The summed E-state index contributed by atoms with van der Waals surface area (Å²) in [5, 5.41) is 20.2. The second-order valence-corrected chi connectivity index (χ2v) is 2.92. The molecule has 0 radical (unpaired) electrons. The van der Waals surface area contributed by atoms with Crippen LogP contribution < -0.4 is 5.32 Å². The van der Waals surface area contributed by atoms with Gasteiger partial charge in [-0.25, -0.2) is 0 Å². The van der Waals surface area contributed by atoms with Crippen molar-refractivity contribution >= 4 is 5.97 Å². The van der Waals surface area contributed by atoms with Crippen LogP contribution in [0.1, 0.15) is 11.6 Å². The molecule has 0 aliphatic carbocycles. The highest BCUT2D eigenvalue weighted by Gasteiger charge is 2.09. The van der Waals surface area contributed by atoms with E-state index in [1.807, 2.05) is 30.3 Å². The summed E-state index contributed by atoms with van der Waals surface area (Å²) >= 11 is 0. The predicted molar refractivity (Wildman–Crippen MR) is 51.9 cm³/mol. The summed E-state index contributed by atoms with van der Waals surface area (Å²) in [6.07, 6.45) is 0. The van der Waals surface area contributed by atoms with Crippen molar-refractivity contribution in [2.45, 2.75) is 6.04 Å². The molecule has 1 atom stereocenters. The zero-order chi connectivity index (χ0) is 10.4. The molecule has 76 valence electrons. The van der Waals surface area contributed by atoms with Crippen LogP contribution in [0.2, 0.25) is 0 Å². The molecule has 0 fully saturated rings. The zero-order valence-electron chi connectivity index (χ0n) is 7.68. The first-order valence-electron chi connectivity index (χ1n) is 4.35. The number of hydrogen-bond acceptors (Lipinski definition) is 3. The Balaban J connectivity index is 2.58. The van der Waals surface area contributed by atoms with Gasteiger partial charge in [0.1, 0.15) is 0 Å².